The van der Waals surface area contributed by atoms with E-state index in [2.05, 4.69) is 15.0 Å². The molecule has 1 fully saturated rings. The lowest BCUT2D eigenvalue weighted by atomic mass is 9.97. The number of esters is 1. The van der Waals surface area contributed by atoms with Gasteiger partial charge in [-0.1, -0.05) is 0 Å². The minimum Gasteiger partial charge on any atom is -0.469 e. The molecule has 120 valence electrons. The fourth-order valence-electron chi connectivity index (χ4n) is 2.46. The zero-order valence-electron chi connectivity index (χ0n) is 12.4. The Labute approximate surface area is 128 Å². The number of amides is 1. The lowest BCUT2D eigenvalue weighted by Gasteiger charge is -2.35. The number of nitrogens with zero attached hydrogens (tertiary/aromatic N) is 1. The van der Waals surface area contributed by atoms with Crippen LogP contribution in [0.25, 0.3) is 0 Å². The number of hydrogen-bond acceptors (Lipinski definition) is 6. The van der Waals surface area contributed by atoms with Crippen LogP contribution in [0.1, 0.15) is 29.6 Å². The Morgan fingerprint density at radius 1 is 1.50 bits per heavy atom. The van der Waals surface area contributed by atoms with Crippen LogP contribution in [0, 0.1) is 0 Å². The van der Waals surface area contributed by atoms with E-state index in [0.29, 0.717) is 18.4 Å². The van der Waals surface area contributed by atoms with Gasteiger partial charge in [-0.2, -0.15) is 0 Å². The highest BCUT2D eigenvalue weighted by molar-refractivity contribution is 5.94. The number of rotatable bonds is 5. The third-order valence-corrected chi connectivity index (χ3v) is 3.66. The van der Waals surface area contributed by atoms with Crippen molar-refractivity contribution < 1.29 is 24.2 Å². The Morgan fingerprint density at radius 2 is 2.32 bits per heavy atom. The Balaban J connectivity index is 1.92. The second kappa shape index (κ2) is 7.86. The predicted molar refractivity (Wildman–Crippen MR) is 77.1 cm³/mol. The van der Waals surface area contributed by atoms with E-state index in [9.17, 15) is 14.7 Å². The van der Waals surface area contributed by atoms with Crippen LogP contribution in [0.5, 0.6) is 0 Å². The molecule has 1 aliphatic heterocycles. The van der Waals surface area contributed by atoms with Crippen LogP contribution >= 0.6 is 0 Å². The highest BCUT2D eigenvalue weighted by Crippen LogP contribution is 2.22. The number of carbonyl (C=O) groups excluding carboxylic acids is 2. The number of ether oxygens (including phenoxy) is 2. The molecule has 22 heavy (non-hydrogen) atoms. The molecule has 0 aromatic carbocycles. The maximum absolute atomic E-state index is 12.1. The predicted octanol–water partition coefficient (Wildman–Crippen LogP) is 0.283. The Kier molecular flexibility index (Phi) is 5.85. The summed E-state index contributed by atoms with van der Waals surface area (Å²) in [4.78, 5) is 27.3. The van der Waals surface area contributed by atoms with Crippen LogP contribution in [-0.4, -0.2) is 53.9 Å². The summed E-state index contributed by atoms with van der Waals surface area (Å²) in [6.45, 7) is -0.227. The zero-order chi connectivity index (χ0) is 15.9. The van der Waals surface area contributed by atoms with E-state index in [1.54, 1.807) is 18.3 Å². The van der Waals surface area contributed by atoms with Crippen LogP contribution in [-0.2, 0) is 14.3 Å². The van der Waals surface area contributed by atoms with E-state index in [-0.39, 0.29) is 37.0 Å². The SMILES string of the molecule is COC(=O)C[C@@H]1CC[C@@H](NC(=O)c2cccnc2)[C@@H](CO)O1. The Bertz CT molecular complexity index is 508. The number of aliphatic hydroxyl groups is 1. The maximum Gasteiger partial charge on any atom is 0.308 e. The molecular formula is C15H20N2O5. The standard InChI is InChI=1S/C15H20N2O5/c1-21-14(19)7-11-4-5-12(13(9-18)22-11)17-15(20)10-3-2-6-16-8-10/h2-3,6,8,11-13,18H,4-5,7,9H2,1H3,(H,17,20)/t11-,12+,13+/m0/s1. The van der Waals surface area contributed by atoms with Gasteiger partial charge >= 0.3 is 5.97 Å². The fraction of sp³-hybridized carbons (Fsp3) is 0.533. The minimum atomic E-state index is -0.538. The first kappa shape index (κ1) is 16.4. The Hall–Kier alpha value is -1.99. The molecule has 2 N–H and O–H groups in total. The minimum absolute atomic E-state index is 0.149. The normalized spacial score (nSPS) is 24.5. The molecule has 3 atom stereocenters. The molecule has 0 unspecified atom stereocenters. The van der Waals surface area contributed by atoms with Gasteiger partial charge in [-0.15, -0.1) is 0 Å². The van der Waals surface area contributed by atoms with Gasteiger partial charge < -0.3 is 19.9 Å². The van der Waals surface area contributed by atoms with E-state index in [1.807, 2.05) is 0 Å². The molecule has 1 amide bonds. The molecule has 2 rings (SSSR count). The summed E-state index contributed by atoms with van der Waals surface area (Å²) in [5, 5.41) is 12.3. The van der Waals surface area contributed by atoms with E-state index in [4.69, 9.17) is 4.74 Å². The number of aliphatic hydroxyl groups excluding tert-OH is 1. The second-order valence-electron chi connectivity index (χ2n) is 5.16. The van der Waals surface area contributed by atoms with E-state index < -0.39 is 6.10 Å². The number of nitrogens with one attached hydrogen (secondary N) is 1. The summed E-state index contributed by atoms with van der Waals surface area (Å²) in [6, 6.07) is 3.05. The maximum atomic E-state index is 12.1. The summed E-state index contributed by atoms with van der Waals surface area (Å²) in [7, 11) is 1.33. The average Bonchev–Trinajstić information content (AvgIpc) is 2.56. The summed E-state index contributed by atoms with van der Waals surface area (Å²) < 4.78 is 10.3. The van der Waals surface area contributed by atoms with Gasteiger partial charge in [-0.3, -0.25) is 14.6 Å². The lowest BCUT2D eigenvalue weighted by Crippen LogP contribution is -2.51. The molecule has 0 bridgehead atoms. The molecule has 0 radical (unpaired) electrons. The molecule has 7 nitrogen and oxygen atoms in total. The topological polar surface area (TPSA) is 97.8 Å². The summed E-state index contributed by atoms with van der Waals surface area (Å²) >= 11 is 0. The second-order valence-corrected chi connectivity index (χ2v) is 5.16. The van der Waals surface area contributed by atoms with Crippen molar-refractivity contribution >= 4 is 11.9 Å². The highest BCUT2D eigenvalue weighted by Gasteiger charge is 2.33. The number of pyridine rings is 1. The van der Waals surface area contributed by atoms with E-state index in [1.165, 1.54) is 13.3 Å². The molecule has 1 aromatic heterocycles. The number of aromatic nitrogens is 1. The molecular weight excluding hydrogens is 288 g/mol. The quantitative estimate of drug-likeness (QED) is 0.758. The monoisotopic (exact) mass is 308 g/mol. The first-order valence-electron chi connectivity index (χ1n) is 7.18. The Morgan fingerprint density at radius 3 is 2.95 bits per heavy atom. The smallest absolute Gasteiger partial charge is 0.308 e. The molecule has 7 heteroatoms. The number of carbonyl (C=O) groups is 2. The van der Waals surface area contributed by atoms with Crippen LogP contribution in [0.3, 0.4) is 0 Å². The average molecular weight is 308 g/mol. The van der Waals surface area contributed by atoms with Crippen molar-refractivity contribution in [1.29, 1.82) is 0 Å². The summed E-state index contributed by atoms with van der Waals surface area (Å²) in [6.07, 6.45) is 3.63. The molecule has 2 heterocycles. The molecule has 1 aliphatic rings. The van der Waals surface area contributed by atoms with Gasteiger partial charge in [-0.25, -0.2) is 0 Å². The number of hydrogen-bond donors (Lipinski definition) is 2. The van der Waals surface area contributed by atoms with Gasteiger partial charge in [0.25, 0.3) is 5.91 Å². The van der Waals surface area contributed by atoms with E-state index in [0.717, 1.165) is 0 Å². The molecule has 0 aliphatic carbocycles. The van der Waals surface area contributed by atoms with Crippen LogP contribution in [0.15, 0.2) is 24.5 Å². The van der Waals surface area contributed by atoms with Crippen molar-refractivity contribution in [3.63, 3.8) is 0 Å². The zero-order valence-corrected chi connectivity index (χ0v) is 12.4. The van der Waals surface area contributed by atoms with Crippen molar-refractivity contribution in [2.45, 2.75) is 37.5 Å². The largest absolute Gasteiger partial charge is 0.469 e. The van der Waals surface area contributed by atoms with Gasteiger partial charge in [0.2, 0.25) is 0 Å². The number of methoxy groups -OCH3 is 1. The lowest BCUT2D eigenvalue weighted by molar-refractivity contribution is -0.149. The fourth-order valence-corrected chi connectivity index (χ4v) is 2.46. The molecule has 0 saturated carbocycles. The van der Waals surface area contributed by atoms with Crippen molar-refractivity contribution in [3.05, 3.63) is 30.1 Å². The van der Waals surface area contributed by atoms with Crippen molar-refractivity contribution in [2.24, 2.45) is 0 Å². The molecule has 1 saturated heterocycles. The van der Waals surface area contributed by atoms with E-state index >= 15 is 0 Å². The van der Waals surface area contributed by atoms with Gasteiger partial charge in [0.1, 0.15) is 6.10 Å². The third-order valence-electron chi connectivity index (χ3n) is 3.66. The van der Waals surface area contributed by atoms with Crippen molar-refractivity contribution in [2.75, 3.05) is 13.7 Å². The van der Waals surface area contributed by atoms with Crippen LogP contribution in [0.2, 0.25) is 0 Å². The van der Waals surface area contributed by atoms with Gasteiger partial charge in [-0.05, 0) is 25.0 Å². The van der Waals surface area contributed by atoms with Gasteiger partial charge in [0, 0.05) is 12.4 Å². The summed E-state index contributed by atoms with van der Waals surface area (Å²) in [5.41, 5.74) is 0.455. The molecule has 0 spiro atoms. The van der Waals surface area contributed by atoms with Crippen LogP contribution < -0.4 is 5.32 Å². The highest BCUT2D eigenvalue weighted by atomic mass is 16.5. The molecule has 1 aromatic rings. The first-order chi connectivity index (χ1) is 10.6. The van der Waals surface area contributed by atoms with Gasteiger partial charge in [0.05, 0.1) is 37.8 Å². The van der Waals surface area contributed by atoms with Crippen molar-refractivity contribution in [1.82, 2.24) is 10.3 Å². The van der Waals surface area contributed by atoms with Crippen LogP contribution in [0.4, 0.5) is 0 Å². The first-order valence-corrected chi connectivity index (χ1v) is 7.18. The third kappa shape index (κ3) is 4.25. The summed E-state index contributed by atoms with van der Waals surface area (Å²) in [5.74, 6) is -0.605. The van der Waals surface area contributed by atoms with Crippen molar-refractivity contribution in [3.8, 4) is 0 Å². The van der Waals surface area contributed by atoms with Gasteiger partial charge in [0.15, 0.2) is 0 Å².